The summed E-state index contributed by atoms with van der Waals surface area (Å²) in [6, 6.07) is 4.03. The second-order valence-corrected chi connectivity index (χ2v) is 6.15. The molecule has 2 aliphatic rings. The minimum atomic E-state index is -0.816. The normalized spacial score (nSPS) is 29.5. The Morgan fingerprint density at radius 1 is 1.14 bits per heavy atom. The quantitative estimate of drug-likeness (QED) is 0.898. The summed E-state index contributed by atoms with van der Waals surface area (Å²) < 4.78 is 0. The molecule has 21 heavy (non-hydrogen) atoms. The molecule has 1 aromatic rings. The summed E-state index contributed by atoms with van der Waals surface area (Å²) in [5, 5.41) is 9.37. The van der Waals surface area contributed by atoms with Crippen LogP contribution in [0.5, 0.6) is 0 Å². The molecule has 5 heteroatoms. The van der Waals surface area contributed by atoms with Crippen molar-refractivity contribution in [2.75, 3.05) is 6.54 Å². The molecule has 0 aromatic carbocycles. The fourth-order valence-corrected chi connectivity index (χ4v) is 3.84. The number of carbonyl (C=O) groups is 2. The predicted octanol–water partition coefficient (Wildman–Crippen LogP) is 2.57. The van der Waals surface area contributed by atoms with Crippen molar-refractivity contribution in [3.05, 3.63) is 24.0 Å². The number of likely N-dealkylation sites (tertiary alicyclic amines) is 1. The van der Waals surface area contributed by atoms with Crippen molar-refractivity contribution in [2.45, 2.75) is 44.6 Å². The Kier molecular flexibility index (Phi) is 3.99. The van der Waals surface area contributed by atoms with Crippen LogP contribution < -0.4 is 0 Å². The second-order valence-electron chi connectivity index (χ2n) is 6.15. The average Bonchev–Trinajstić information content (AvgIpc) is 3.16. The molecule has 1 saturated heterocycles. The standard InChI is InChI=1S/C16H22N2O3/c19-15(11-5-1-2-6-12(11)16(20)21)18-10-4-8-14(18)13-7-3-9-17-13/h3,7,9,11-12,14,17H,1-2,4-6,8,10H2,(H,20,21)/t11-,12+,14?/m1/s1. The molecule has 114 valence electrons. The van der Waals surface area contributed by atoms with E-state index in [2.05, 4.69) is 4.98 Å². The fourth-order valence-electron chi connectivity index (χ4n) is 3.84. The number of carbonyl (C=O) groups excluding carboxylic acids is 1. The summed E-state index contributed by atoms with van der Waals surface area (Å²) in [4.78, 5) is 29.4. The smallest absolute Gasteiger partial charge is 0.307 e. The van der Waals surface area contributed by atoms with Crippen molar-refractivity contribution in [3.8, 4) is 0 Å². The summed E-state index contributed by atoms with van der Waals surface area (Å²) in [5.74, 6) is -1.62. The summed E-state index contributed by atoms with van der Waals surface area (Å²) in [6.07, 6.45) is 7.03. The Bertz CT molecular complexity index is 512. The molecule has 3 rings (SSSR count). The fraction of sp³-hybridized carbons (Fsp3) is 0.625. The Hall–Kier alpha value is -1.78. The number of aromatic nitrogens is 1. The van der Waals surface area contributed by atoms with E-state index in [1.807, 2.05) is 23.2 Å². The summed E-state index contributed by atoms with van der Waals surface area (Å²) in [6.45, 7) is 0.741. The Morgan fingerprint density at radius 3 is 2.57 bits per heavy atom. The minimum Gasteiger partial charge on any atom is -0.481 e. The number of H-pyrrole nitrogens is 1. The van der Waals surface area contributed by atoms with E-state index in [0.717, 1.165) is 37.9 Å². The van der Waals surface area contributed by atoms with Crippen molar-refractivity contribution >= 4 is 11.9 Å². The number of aromatic amines is 1. The third kappa shape index (κ3) is 2.69. The number of hydrogen-bond donors (Lipinski definition) is 2. The molecule has 0 radical (unpaired) electrons. The summed E-state index contributed by atoms with van der Waals surface area (Å²) >= 11 is 0. The Morgan fingerprint density at radius 2 is 1.90 bits per heavy atom. The number of nitrogens with one attached hydrogen (secondary N) is 1. The minimum absolute atomic E-state index is 0.0409. The van der Waals surface area contributed by atoms with Crippen molar-refractivity contribution in [1.29, 1.82) is 0 Å². The first-order valence-corrected chi connectivity index (χ1v) is 7.85. The molecule has 5 nitrogen and oxygen atoms in total. The molecule has 2 fully saturated rings. The van der Waals surface area contributed by atoms with Crippen LogP contribution in [0.25, 0.3) is 0 Å². The molecule has 1 aromatic heterocycles. The van der Waals surface area contributed by atoms with Crippen LogP contribution in [0.3, 0.4) is 0 Å². The highest BCUT2D eigenvalue weighted by molar-refractivity contribution is 5.85. The largest absolute Gasteiger partial charge is 0.481 e. The number of carboxylic acids is 1. The van der Waals surface area contributed by atoms with Crippen LogP contribution in [0.15, 0.2) is 18.3 Å². The number of hydrogen-bond acceptors (Lipinski definition) is 2. The SMILES string of the molecule is O=C(O)[C@H]1CCCC[C@H]1C(=O)N1CCCC1c1ccc[nH]1. The van der Waals surface area contributed by atoms with E-state index >= 15 is 0 Å². The van der Waals surface area contributed by atoms with Crippen LogP contribution in [0.2, 0.25) is 0 Å². The maximum absolute atomic E-state index is 12.9. The van der Waals surface area contributed by atoms with Gasteiger partial charge in [0.1, 0.15) is 0 Å². The van der Waals surface area contributed by atoms with Gasteiger partial charge in [-0.1, -0.05) is 12.8 Å². The Balaban J connectivity index is 1.78. The van der Waals surface area contributed by atoms with Crippen molar-refractivity contribution in [2.24, 2.45) is 11.8 Å². The molecule has 1 aliphatic carbocycles. The zero-order chi connectivity index (χ0) is 14.8. The monoisotopic (exact) mass is 290 g/mol. The molecule has 0 bridgehead atoms. The third-order valence-electron chi connectivity index (χ3n) is 4.92. The molecule has 2 heterocycles. The topological polar surface area (TPSA) is 73.4 Å². The lowest BCUT2D eigenvalue weighted by molar-refractivity contribution is -0.152. The van der Waals surface area contributed by atoms with Crippen LogP contribution in [0.4, 0.5) is 0 Å². The van der Waals surface area contributed by atoms with Gasteiger partial charge in [-0.05, 0) is 37.8 Å². The van der Waals surface area contributed by atoms with E-state index in [1.54, 1.807) is 0 Å². The first kappa shape index (κ1) is 14.2. The maximum Gasteiger partial charge on any atom is 0.307 e. The van der Waals surface area contributed by atoms with Gasteiger partial charge in [-0.15, -0.1) is 0 Å². The van der Waals surface area contributed by atoms with Gasteiger partial charge in [-0.3, -0.25) is 9.59 Å². The van der Waals surface area contributed by atoms with Gasteiger partial charge in [0.05, 0.1) is 17.9 Å². The lowest BCUT2D eigenvalue weighted by Crippen LogP contribution is -2.42. The molecule has 1 amide bonds. The van der Waals surface area contributed by atoms with Gasteiger partial charge in [0.25, 0.3) is 0 Å². The lowest BCUT2D eigenvalue weighted by atomic mass is 9.78. The molecular weight excluding hydrogens is 268 g/mol. The highest BCUT2D eigenvalue weighted by Gasteiger charge is 2.41. The first-order chi connectivity index (χ1) is 10.2. The lowest BCUT2D eigenvalue weighted by Gasteiger charge is -2.33. The van der Waals surface area contributed by atoms with Crippen LogP contribution in [-0.4, -0.2) is 33.4 Å². The van der Waals surface area contributed by atoms with Gasteiger partial charge in [0.15, 0.2) is 0 Å². The van der Waals surface area contributed by atoms with Gasteiger partial charge in [-0.25, -0.2) is 0 Å². The van der Waals surface area contributed by atoms with E-state index < -0.39 is 11.9 Å². The number of aliphatic carboxylic acids is 1. The average molecular weight is 290 g/mol. The maximum atomic E-state index is 12.9. The van der Waals surface area contributed by atoms with Gasteiger partial charge in [0, 0.05) is 18.4 Å². The summed E-state index contributed by atoms with van der Waals surface area (Å²) in [5.41, 5.74) is 1.06. The highest BCUT2D eigenvalue weighted by atomic mass is 16.4. The van der Waals surface area contributed by atoms with E-state index in [9.17, 15) is 14.7 Å². The Labute approximate surface area is 124 Å². The van der Waals surface area contributed by atoms with Crippen molar-refractivity contribution in [3.63, 3.8) is 0 Å². The van der Waals surface area contributed by atoms with E-state index in [1.165, 1.54) is 0 Å². The highest BCUT2D eigenvalue weighted by Crippen LogP contribution is 2.37. The third-order valence-corrected chi connectivity index (χ3v) is 4.92. The number of rotatable bonds is 3. The molecule has 1 saturated carbocycles. The molecular formula is C16H22N2O3. The van der Waals surface area contributed by atoms with E-state index in [4.69, 9.17) is 0 Å². The number of carboxylic acid groups (broad SMARTS) is 1. The molecule has 0 spiro atoms. The van der Waals surface area contributed by atoms with Crippen LogP contribution in [-0.2, 0) is 9.59 Å². The van der Waals surface area contributed by atoms with Gasteiger partial charge in [-0.2, -0.15) is 0 Å². The van der Waals surface area contributed by atoms with Gasteiger partial charge >= 0.3 is 5.97 Å². The van der Waals surface area contributed by atoms with E-state index in [0.29, 0.717) is 12.8 Å². The van der Waals surface area contributed by atoms with Gasteiger partial charge < -0.3 is 15.0 Å². The second kappa shape index (κ2) is 5.92. The number of nitrogens with zero attached hydrogens (tertiary/aromatic N) is 1. The zero-order valence-corrected chi connectivity index (χ0v) is 12.1. The number of amides is 1. The van der Waals surface area contributed by atoms with E-state index in [-0.39, 0.29) is 17.9 Å². The van der Waals surface area contributed by atoms with Gasteiger partial charge in [0.2, 0.25) is 5.91 Å². The van der Waals surface area contributed by atoms with Crippen LogP contribution in [0.1, 0.15) is 50.3 Å². The van der Waals surface area contributed by atoms with Crippen molar-refractivity contribution < 1.29 is 14.7 Å². The molecule has 3 atom stereocenters. The van der Waals surface area contributed by atoms with Crippen molar-refractivity contribution in [1.82, 2.24) is 9.88 Å². The van der Waals surface area contributed by atoms with Crippen LogP contribution >= 0.6 is 0 Å². The first-order valence-electron chi connectivity index (χ1n) is 7.85. The predicted molar refractivity (Wildman–Crippen MR) is 77.6 cm³/mol. The molecule has 1 unspecified atom stereocenters. The molecule has 2 N–H and O–H groups in total. The van der Waals surface area contributed by atoms with Crippen LogP contribution in [0, 0.1) is 11.8 Å². The zero-order valence-electron chi connectivity index (χ0n) is 12.1. The summed E-state index contributed by atoms with van der Waals surface area (Å²) in [7, 11) is 0. The molecule has 1 aliphatic heterocycles.